The first-order valence-electron chi connectivity index (χ1n) is 10.7. The molecule has 5 heteroatoms. The summed E-state index contributed by atoms with van der Waals surface area (Å²) in [5, 5.41) is 9.58. The predicted octanol–water partition coefficient (Wildman–Crippen LogP) is 4.52. The predicted molar refractivity (Wildman–Crippen MR) is 126 cm³/mol. The van der Waals surface area contributed by atoms with Gasteiger partial charge in [0.25, 0.3) is 5.91 Å². The van der Waals surface area contributed by atoms with Gasteiger partial charge < -0.3 is 14.5 Å². The van der Waals surface area contributed by atoms with Crippen molar-refractivity contribution in [3.8, 4) is 11.8 Å². The number of piperazine rings is 1. The lowest BCUT2D eigenvalue weighted by Gasteiger charge is -2.36. The fourth-order valence-corrected chi connectivity index (χ4v) is 3.69. The summed E-state index contributed by atoms with van der Waals surface area (Å²) in [7, 11) is 0. The third-order valence-corrected chi connectivity index (χ3v) is 5.48. The number of amides is 1. The number of hydrogen-bond acceptors (Lipinski definition) is 4. The normalized spacial score (nSPS) is 14.0. The Morgan fingerprint density at radius 3 is 2.12 bits per heavy atom. The fraction of sp³-hybridized carbons (Fsp3) is 0.185. The number of nitriles is 1. The number of benzene rings is 3. The lowest BCUT2D eigenvalue weighted by molar-refractivity contribution is -0.126. The average Bonchev–Trinajstić information content (AvgIpc) is 2.87. The van der Waals surface area contributed by atoms with Gasteiger partial charge in [-0.3, -0.25) is 4.79 Å². The van der Waals surface area contributed by atoms with Crippen molar-refractivity contribution >= 4 is 17.7 Å². The molecular weight excluding hydrogens is 398 g/mol. The van der Waals surface area contributed by atoms with Crippen LogP contribution in [0.3, 0.4) is 0 Å². The first-order valence-corrected chi connectivity index (χ1v) is 10.7. The highest BCUT2D eigenvalue weighted by Crippen LogP contribution is 2.19. The standard InChI is InChI=1S/C27H25N3O2/c28-20-24(27(31)30-17-15-29(16-18-30)25-9-5-2-6-10-25)19-22-11-13-26(14-12-22)32-21-23-7-3-1-4-8-23/h1-14,19H,15-18,21H2/b24-19-. The summed E-state index contributed by atoms with van der Waals surface area (Å²) in [6.07, 6.45) is 1.65. The van der Waals surface area contributed by atoms with Gasteiger partial charge in [0.05, 0.1) is 0 Å². The molecule has 0 radical (unpaired) electrons. The van der Waals surface area contributed by atoms with Gasteiger partial charge in [0, 0.05) is 31.9 Å². The van der Waals surface area contributed by atoms with Crippen LogP contribution in [0.25, 0.3) is 6.08 Å². The zero-order valence-electron chi connectivity index (χ0n) is 17.9. The van der Waals surface area contributed by atoms with Crippen molar-refractivity contribution in [2.24, 2.45) is 0 Å². The Kier molecular flexibility index (Phi) is 6.84. The topological polar surface area (TPSA) is 56.6 Å². The minimum absolute atomic E-state index is 0.149. The zero-order chi connectivity index (χ0) is 22.2. The highest BCUT2D eigenvalue weighted by Gasteiger charge is 2.23. The molecule has 3 aromatic carbocycles. The van der Waals surface area contributed by atoms with E-state index in [-0.39, 0.29) is 11.5 Å². The van der Waals surface area contributed by atoms with Crippen molar-refractivity contribution in [3.63, 3.8) is 0 Å². The summed E-state index contributed by atoms with van der Waals surface area (Å²) in [6.45, 7) is 3.19. The van der Waals surface area contributed by atoms with E-state index in [1.54, 1.807) is 11.0 Å². The van der Waals surface area contributed by atoms with Crippen LogP contribution in [0.2, 0.25) is 0 Å². The second kappa shape index (κ2) is 10.3. The lowest BCUT2D eigenvalue weighted by atomic mass is 10.1. The van der Waals surface area contributed by atoms with Crippen LogP contribution >= 0.6 is 0 Å². The number of para-hydroxylation sites is 1. The average molecular weight is 424 g/mol. The molecule has 0 atom stereocenters. The van der Waals surface area contributed by atoms with Crippen LogP contribution in [0.1, 0.15) is 11.1 Å². The van der Waals surface area contributed by atoms with Crippen LogP contribution < -0.4 is 9.64 Å². The number of nitrogens with zero attached hydrogens (tertiary/aromatic N) is 3. The van der Waals surface area contributed by atoms with Crippen LogP contribution in [0, 0.1) is 11.3 Å². The third-order valence-electron chi connectivity index (χ3n) is 5.48. The number of carbonyl (C=O) groups excluding carboxylic acids is 1. The summed E-state index contributed by atoms with van der Waals surface area (Å²) in [5.41, 5.74) is 3.20. The summed E-state index contributed by atoms with van der Waals surface area (Å²) >= 11 is 0. The second-order valence-corrected chi connectivity index (χ2v) is 7.63. The van der Waals surface area contributed by atoms with Gasteiger partial charge in [-0.1, -0.05) is 60.7 Å². The summed E-state index contributed by atoms with van der Waals surface area (Å²) in [6, 6.07) is 29.6. The second-order valence-electron chi connectivity index (χ2n) is 7.63. The molecule has 0 N–H and O–H groups in total. The Bertz CT molecular complexity index is 1100. The van der Waals surface area contributed by atoms with E-state index in [4.69, 9.17) is 4.74 Å². The van der Waals surface area contributed by atoms with Crippen molar-refractivity contribution < 1.29 is 9.53 Å². The molecule has 32 heavy (non-hydrogen) atoms. The van der Waals surface area contributed by atoms with Crippen molar-refractivity contribution in [2.45, 2.75) is 6.61 Å². The van der Waals surface area contributed by atoms with E-state index in [0.717, 1.165) is 35.7 Å². The van der Waals surface area contributed by atoms with Crippen LogP contribution in [0.5, 0.6) is 5.75 Å². The van der Waals surface area contributed by atoms with Gasteiger partial charge in [0.2, 0.25) is 0 Å². The van der Waals surface area contributed by atoms with E-state index in [0.29, 0.717) is 19.7 Å². The monoisotopic (exact) mass is 423 g/mol. The van der Waals surface area contributed by atoms with Gasteiger partial charge in [0.1, 0.15) is 24.0 Å². The molecule has 1 aliphatic rings. The van der Waals surface area contributed by atoms with Crippen molar-refractivity contribution in [1.82, 2.24) is 4.90 Å². The molecule has 0 aliphatic carbocycles. The van der Waals surface area contributed by atoms with Gasteiger partial charge in [-0.05, 0) is 41.5 Å². The number of hydrogen-bond donors (Lipinski definition) is 0. The third kappa shape index (κ3) is 5.35. The van der Waals surface area contributed by atoms with Crippen molar-refractivity contribution in [2.75, 3.05) is 31.1 Å². The van der Waals surface area contributed by atoms with Gasteiger partial charge in [-0.15, -0.1) is 0 Å². The summed E-state index contributed by atoms with van der Waals surface area (Å²) in [4.78, 5) is 16.9. The Labute approximate surface area is 188 Å². The smallest absolute Gasteiger partial charge is 0.264 e. The molecule has 0 aromatic heterocycles. The quantitative estimate of drug-likeness (QED) is 0.432. The number of anilines is 1. The Hall–Kier alpha value is -4.04. The Balaban J connectivity index is 1.35. The molecule has 1 saturated heterocycles. The highest BCUT2D eigenvalue weighted by molar-refractivity contribution is 6.01. The molecular formula is C27H25N3O2. The molecule has 0 saturated carbocycles. The van der Waals surface area contributed by atoms with E-state index in [1.165, 1.54) is 0 Å². The maximum absolute atomic E-state index is 12.9. The molecule has 1 aliphatic heterocycles. The maximum atomic E-state index is 12.9. The van der Waals surface area contributed by atoms with Gasteiger partial charge in [-0.25, -0.2) is 0 Å². The van der Waals surface area contributed by atoms with Crippen molar-refractivity contribution in [3.05, 3.63) is 102 Å². The number of carbonyl (C=O) groups is 1. The molecule has 3 aromatic rings. The minimum Gasteiger partial charge on any atom is -0.489 e. The lowest BCUT2D eigenvalue weighted by Crippen LogP contribution is -2.49. The van der Waals surface area contributed by atoms with Gasteiger partial charge >= 0.3 is 0 Å². The molecule has 4 rings (SSSR count). The zero-order valence-corrected chi connectivity index (χ0v) is 17.9. The van der Waals surface area contributed by atoms with Gasteiger partial charge in [-0.2, -0.15) is 5.26 Å². The molecule has 1 fully saturated rings. The SMILES string of the molecule is N#C/C(=C/c1ccc(OCc2ccccc2)cc1)C(=O)N1CCN(c2ccccc2)CC1. The summed E-state index contributed by atoms with van der Waals surface area (Å²) in [5.74, 6) is 0.525. The largest absolute Gasteiger partial charge is 0.489 e. The Morgan fingerprint density at radius 2 is 1.50 bits per heavy atom. The molecule has 0 unspecified atom stereocenters. The molecule has 1 heterocycles. The molecule has 0 bridgehead atoms. The number of ether oxygens (including phenoxy) is 1. The molecule has 5 nitrogen and oxygen atoms in total. The molecule has 1 amide bonds. The van der Waals surface area contributed by atoms with Crippen LogP contribution in [0.15, 0.2) is 90.5 Å². The molecule has 160 valence electrons. The summed E-state index contributed by atoms with van der Waals surface area (Å²) < 4.78 is 5.80. The van der Waals surface area contributed by atoms with E-state index < -0.39 is 0 Å². The van der Waals surface area contributed by atoms with E-state index in [1.807, 2.05) is 72.8 Å². The maximum Gasteiger partial charge on any atom is 0.264 e. The van der Waals surface area contributed by atoms with Crippen LogP contribution in [-0.4, -0.2) is 37.0 Å². The van der Waals surface area contributed by atoms with E-state index in [9.17, 15) is 10.1 Å². The van der Waals surface area contributed by atoms with Crippen LogP contribution in [0.4, 0.5) is 5.69 Å². The number of rotatable bonds is 6. The highest BCUT2D eigenvalue weighted by atomic mass is 16.5. The fourth-order valence-electron chi connectivity index (χ4n) is 3.69. The Morgan fingerprint density at radius 1 is 0.875 bits per heavy atom. The van der Waals surface area contributed by atoms with Crippen molar-refractivity contribution in [1.29, 1.82) is 5.26 Å². The molecule has 0 spiro atoms. The minimum atomic E-state index is -0.218. The van der Waals surface area contributed by atoms with Crippen LogP contribution in [-0.2, 0) is 11.4 Å². The van der Waals surface area contributed by atoms with Gasteiger partial charge in [0.15, 0.2) is 0 Å². The first kappa shape index (κ1) is 21.2. The van der Waals surface area contributed by atoms with E-state index >= 15 is 0 Å². The first-order chi connectivity index (χ1) is 15.7. The van der Waals surface area contributed by atoms with E-state index in [2.05, 4.69) is 23.1 Å².